The van der Waals surface area contributed by atoms with Gasteiger partial charge in [0.1, 0.15) is 24.7 Å². The highest BCUT2D eigenvalue weighted by atomic mass is 16.5. The first-order chi connectivity index (χ1) is 17.4. The second-order valence-corrected chi connectivity index (χ2v) is 9.21. The number of nitrogens with one attached hydrogen (secondary N) is 2. The Hall–Kier alpha value is -4.39. The van der Waals surface area contributed by atoms with Crippen molar-refractivity contribution < 1.29 is 9.53 Å². The van der Waals surface area contributed by atoms with Crippen LogP contribution in [0, 0.1) is 20.8 Å². The van der Waals surface area contributed by atoms with Crippen LogP contribution in [0.1, 0.15) is 40.8 Å². The van der Waals surface area contributed by atoms with Crippen molar-refractivity contribution in [3.63, 3.8) is 0 Å². The zero-order chi connectivity index (χ0) is 25.2. The van der Waals surface area contributed by atoms with Gasteiger partial charge in [-0.15, -0.1) is 0 Å². The third kappa shape index (κ3) is 4.73. The van der Waals surface area contributed by atoms with E-state index >= 15 is 0 Å². The monoisotopic (exact) mass is 479 g/mol. The molecule has 0 unspecified atom stereocenters. The summed E-state index contributed by atoms with van der Waals surface area (Å²) in [6.45, 7) is 8.44. The molecule has 0 saturated carbocycles. The maximum Gasteiger partial charge on any atom is 0.255 e. The Kier molecular flexibility index (Phi) is 6.29. The number of hydrogen-bond acceptors (Lipinski definition) is 5. The summed E-state index contributed by atoms with van der Waals surface area (Å²) in [5.41, 5.74) is 7.43. The van der Waals surface area contributed by atoms with Crippen LogP contribution in [0.15, 0.2) is 84.3 Å². The molecule has 1 aromatic heterocycles. The molecule has 3 aromatic carbocycles. The van der Waals surface area contributed by atoms with Crippen molar-refractivity contribution in [3.8, 4) is 5.75 Å². The Morgan fingerprint density at radius 2 is 1.78 bits per heavy atom. The molecular weight excluding hydrogens is 450 g/mol. The van der Waals surface area contributed by atoms with E-state index in [2.05, 4.69) is 58.0 Å². The number of carbonyl (C=O) groups is 1. The van der Waals surface area contributed by atoms with Crippen LogP contribution in [0.4, 0.5) is 11.6 Å². The SMILES string of the molecule is CC1=C(C(=O)Nc2ccc(C)cc2C)[C@@H](c2cccc(OCc3ccc(C)cc3)c2)n2ncnc2N1. The Balaban J connectivity index is 1.46. The summed E-state index contributed by atoms with van der Waals surface area (Å²) in [5, 5.41) is 10.8. The molecule has 1 amide bonds. The fraction of sp³-hybridized carbons (Fsp3) is 0.207. The number of hydrogen-bond donors (Lipinski definition) is 2. The molecule has 5 rings (SSSR count). The maximum atomic E-state index is 13.7. The summed E-state index contributed by atoms with van der Waals surface area (Å²) >= 11 is 0. The molecule has 0 bridgehead atoms. The molecule has 1 aliphatic heterocycles. The van der Waals surface area contributed by atoms with E-state index in [1.165, 1.54) is 11.9 Å². The highest BCUT2D eigenvalue weighted by Gasteiger charge is 2.33. The van der Waals surface area contributed by atoms with E-state index < -0.39 is 6.04 Å². The van der Waals surface area contributed by atoms with Gasteiger partial charge in [0.15, 0.2) is 0 Å². The second-order valence-electron chi connectivity index (χ2n) is 9.21. The largest absolute Gasteiger partial charge is 0.489 e. The van der Waals surface area contributed by atoms with Gasteiger partial charge in [-0.2, -0.15) is 10.1 Å². The second kappa shape index (κ2) is 9.70. The van der Waals surface area contributed by atoms with Crippen LogP contribution >= 0.6 is 0 Å². The van der Waals surface area contributed by atoms with Crippen LogP contribution in [-0.4, -0.2) is 20.7 Å². The highest BCUT2D eigenvalue weighted by Crippen LogP contribution is 2.36. The third-order valence-corrected chi connectivity index (χ3v) is 6.37. The van der Waals surface area contributed by atoms with Crippen LogP contribution < -0.4 is 15.4 Å². The van der Waals surface area contributed by atoms with Gasteiger partial charge in [0.2, 0.25) is 5.95 Å². The number of amides is 1. The number of benzene rings is 3. The summed E-state index contributed by atoms with van der Waals surface area (Å²) in [4.78, 5) is 18.0. The number of fused-ring (bicyclic) bond motifs is 1. The van der Waals surface area contributed by atoms with E-state index in [0.717, 1.165) is 39.4 Å². The zero-order valence-corrected chi connectivity index (χ0v) is 20.9. The van der Waals surface area contributed by atoms with Gasteiger partial charge in [-0.05, 0) is 62.6 Å². The summed E-state index contributed by atoms with van der Waals surface area (Å²) in [6, 6.07) is 21.6. The van der Waals surface area contributed by atoms with E-state index in [9.17, 15) is 4.79 Å². The number of rotatable bonds is 6. The molecule has 182 valence electrons. The fourth-order valence-electron chi connectivity index (χ4n) is 4.46. The molecule has 7 heteroatoms. The van der Waals surface area contributed by atoms with Crippen LogP contribution in [-0.2, 0) is 11.4 Å². The van der Waals surface area contributed by atoms with Crippen molar-refractivity contribution in [1.29, 1.82) is 0 Å². The van der Waals surface area contributed by atoms with Crippen LogP contribution in [0.3, 0.4) is 0 Å². The molecule has 0 aliphatic carbocycles. The average Bonchev–Trinajstić information content (AvgIpc) is 3.32. The first-order valence-electron chi connectivity index (χ1n) is 11.9. The lowest BCUT2D eigenvalue weighted by molar-refractivity contribution is -0.113. The van der Waals surface area contributed by atoms with Gasteiger partial charge in [-0.1, -0.05) is 59.7 Å². The average molecular weight is 480 g/mol. The predicted molar refractivity (Wildman–Crippen MR) is 141 cm³/mol. The van der Waals surface area contributed by atoms with Gasteiger partial charge in [0.25, 0.3) is 5.91 Å². The first kappa shape index (κ1) is 23.4. The molecular formula is C29H29N5O2. The Morgan fingerprint density at radius 1 is 1.00 bits per heavy atom. The molecule has 36 heavy (non-hydrogen) atoms. The summed E-state index contributed by atoms with van der Waals surface area (Å²) in [7, 11) is 0. The normalized spacial score (nSPS) is 14.7. The number of carbonyl (C=O) groups excluding carboxylic acids is 1. The maximum absolute atomic E-state index is 13.7. The number of aryl methyl sites for hydroxylation is 3. The van der Waals surface area contributed by atoms with E-state index in [-0.39, 0.29) is 5.91 Å². The Morgan fingerprint density at radius 3 is 2.56 bits per heavy atom. The fourth-order valence-corrected chi connectivity index (χ4v) is 4.46. The van der Waals surface area contributed by atoms with Crippen molar-refractivity contribution in [3.05, 3.63) is 112 Å². The smallest absolute Gasteiger partial charge is 0.255 e. The first-order valence-corrected chi connectivity index (χ1v) is 11.9. The van der Waals surface area contributed by atoms with Crippen molar-refractivity contribution in [2.75, 3.05) is 10.6 Å². The van der Waals surface area contributed by atoms with Gasteiger partial charge < -0.3 is 15.4 Å². The topological polar surface area (TPSA) is 81.1 Å². The molecule has 0 saturated heterocycles. The van der Waals surface area contributed by atoms with Gasteiger partial charge in [-0.3, -0.25) is 4.79 Å². The predicted octanol–water partition coefficient (Wildman–Crippen LogP) is 5.71. The van der Waals surface area contributed by atoms with Crippen molar-refractivity contribution in [2.45, 2.75) is 40.3 Å². The number of nitrogens with zero attached hydrogens (tertiary/aromatic N) is 3. The molecule has 4 aromatic rings. The van der Waals surface area contributed by atoms with Crippen LogP contribution in [0.5, 0.6) is 5.75 Å². The van der Waals surface area contributed by atoms with E-state index in [1.807, 2.05) is 57.2 Å². The molecule has 0 fully saturated rings. The summed E-state index contributed by atoms with van der Waals surface area (Å²) in [6.07, 6.45) is 1.49. The molecule has 0 spiro atoms. The van der Waals surface area contributed by atoms with E-state index in [0.29, 0.717) is 18.1 Å². The Labute approximate surface area is 210 Å². The van der Waals surface area contributed by atoms with Crippen LogP contribution in [0.2, 0.25) is 0 Å². The number of aromatic nitrogens is 3. The Bertz CT molecular complexity index is 1450. The van der Waals surface area contributed by atoms with Crippen molar-refractivity contribution in [1.82, 2.24) is 14.8 Å². The molecule has 1 aliphatic rings. The number of anilines is 2. The lowest BCUT2D eigenvalue weighted by Gasteiger charge is -2.29. The van der Waals surface area contributed by atoms with Gasteiger partial charge in [-0.25, -0.2) is 4.68 Å². The van der Waals surface area contributed by atoms with Crippen molar-refractivity contribution >= 4 is 17.5 Å². The summed E-state index contributed by atoms with van der Waals surface area (Å²) < 4.78 is 7.84. The van der Waals surface area contributed by atoms with Gasteiger partial charge in [0.05, 0.1) is 5.57 Å². The lowest BCUT2D eigenvalue weighted by Crippen LogP contribution is -2.31. The van der Waals surface area contributed by atoms with Crippen LogP contribution in [0.25, 0.3) is 0 Å². The molecule has 2 N–H and O–H groups in total. The zero-order valence-electron chi connectivity index (χ0n) is 20.9. The molecule has 7 nitrogen and oxygen atoms in total. The number of ether oxygens (including phenoxy) is 1. The quantitative estimate of drug-likeness (QED) is 0.370. The lowest BCUT2D eigenvalue weighted by atomic mass is 9.94. The standard InChI is InChI=1S/C29H29N5O2/c1-18-8-11-22(12-9-18)16-36-24-7-5-6-23(15-24)27-26(21(4)32-29-30-17-31-34(27)29)28(35)33-25-13-10-19(2)14-20(25)3/h5-15,17,27H,16H2,1-4H3,(H,33,35)(H,30,31,32)/t27-/m1/s1. The minimum absolute atomic E-state index is 0.191. The highest BCUT2D eigenvalue weighted by molar-refractivity contribution is 6.06. The minimum Gasteiger partial charge on any atom is -0.489 e. The molecule has 2 heterocycles. The molecule has 1 atom stereocenters. The van der Waals surface area contributed by atoms with Crippen molar-refractivity contribution in [2.24, 2.45) is 0 Å². The van der Waals surface area contributed by atoms with Gasteiger partial charge in [0, 0.05) is 11.4 Å². The van der Waals surface area contributed by atoms with E-state index in [1.54, 1.807) is 4.68 Å². The van der Waals surface area contributed by atoms with Gasteiger partial charge >= 0.3 is 0 Å². The molecule has 0 radical (unpaired) electrons. The third-order valence-electron chi connectivity index (χ3n) is 6.37. The van der Waals surface area contributed by atoms with E-state index in [4.69, 9.17) is 4.74 Å². The summed E-state index contributed by atoms with van der Waals surface area (Å²) in [5.74, 6) is 1.12. The number of allylic oxidation sites excluding steroid dienone is 1. The minimum atomic E-state index is -0.461.